The summed E-state index contributed by atoms with van der Waals surface area (Å²) in [6, 6.07) is 11.3. The highest BCUT2D eigenvalue weighted by molar-refractivity contribution is 5.74. The molecule has 2 aromatic rings. The van der Waals surface area contributed by atoms with Gasteiger partial charge in [-0.05, 0) is 24.6 Å². The topological polar surface area (TPSA) is 59.3 Å². The molecule has 0 atom stereocenters. The maximum atomic E-state index is 11.7. The van der Waals surface area contributed by atoms with Gasteiger partial charge in [0.15, 0.2) is 0 Å². The molecule has 122 valence electrons. The largest absolute Gasteiger partial charge is 0.341 e. The van der Waals surface area contributed by atoms with E-state index >= 15 is 0 Å². The van der Waals surface area contributed by atoms with Crippen molar-refractivity contribution in [3.8, 4) is 5.69 Å². The molecule has 5 nitrogen and oxygen atoms in total. The lowest BCUT2D eigenvalue weighted by molar-refractivity contribution is 0.248. The Hall–Kier alpha value is -2.43. The van der Waals surface area contributed by atoms with Crippen LogP contribution in [0.3, 0.4) is 0 Å². The number of carbonyl (C=O) groups is 1. The van der Waals surface area contributed by atoms with Gasteiger partial charge in [-0.25, -0.2) is 9.48 Å². The van der Waals surface area contributed by atoms with Crippen LogP contribution in [0.4, 0.5) is 4.79 Å². The number of carbonyl (C=O) groups excluding carboxylic acids is 1. The van der Waals surface area contributed by atoms with E-state index in [-0.39, 0.29) is 6.03 Å². The molecular weight excluding hydrogens is 288 g/mol. The van der Waals surface area contributed by atoms with E-state index in [9.17, 15) is 4.79 Å². The summed E-state index contributed by atoms with van der Waals surface area (Å²) in [7, 11) is 0. The zero-order valence-corrected chi connectivity index (χ0v) is 13.6. The molecule has 1 heterocycles. The molecule has 0 saturated carbocycles. The van der Waals surface area contributed by atoms with Crippen LogP contribution in [0.25, 0.3) is 5.69 Å². The van der Waals surface area contributed by atoms with Crippen molar-refractivity contribution < 1.29 is 4.79 Å². The van der Waals surface area contributed by atoms with Gasteiger partial charge in [0, 0.05) is 12.7 Å². The molecule has 1 aromatic carbocycles. The molecule has 0 aliphatic carbocycles. The molecule has 0 radical (unpaired) electrons. The summed E-state index contributed by atoms with van der Waals surface area (Å²) in [5, 5.41) is 7.65. The van der Waals surface area contributed by atoms with Crippen molar-refractivity contribution in [2.24, 2.45) is 4.99 Å². The Morgan fingerprint density at radius 1 is 1.13 bits per heavy atom. The maximum Gasteiger partial charge on any atom is 0.341 e. The number of nitrogens with one attached hydrogen (secondary N) is 1. The summed E-state index contributed by atoms with van der Waals surface area (Å²) in [6.07, 6.45) is 9.26. The fourth-order valence-electron chi connectivity index (χ4n) is 2.23. The van der Waals surface area contributed by atoms with E-state index in [2.05, 4.69) is 22.3 Å². The van der Waals surface area contributed by atoms with Crippen LogP contribution < -0.4 is 10.7 Å². The summed E-state index contributed by atoms with van der Waals surface area (Å²) in [5.74, 6) is 0. The number of unbranched alkanes of at least 4 members (excludes halogenated alkanes) is 4. The highest BCUT2D eigenvalue weighted by atomic mass is 16.2. The Bertz CT molecular complexity index is 644. The van der Waals surface area contributed by atoms with Crippen molar-refractivity contribution in [3.05, 3.63) is 54.1 Å². The minimum atomic E-state index is -0.306. The molecule has 0 fully saturated rings. The summed E-state index contributed by atoms with van der Waals surface area (Å²) in [4.78, 5) is 15.7. The standard InChI is InChI=1S/C18H24N4O/c1-2-3-4-5-9-13-19-18(23)21-16-12-14-22(20-15-16)17-10-7-6-8-11-17/h6-8,10-12,14-15H,2-5,9,13H2,1H3,(H,19,23)/b21-16-. The fraction of sp³-hybridized carbons (Fsp3) is 0.389. The normalized spacial score (nSPS) is 11.4. The van der Waals surface area contributed by atoms with Crippen LogP contribution in [0.1, 0.15) is 39.0 Å². The van der Waals surface area contributed by atoms with Crippen LogP contribution in [0.2, 0.25) is 0 Å². The first-order valence-electron chi connectivity index (χ1n) is 8.22. The summed E-state index contributed by atoms with van der Waals surface area (Å²) < 4.78 is 1.74. The molecule has 0 bridgehead atoms. The lowest BCUT2D eigenvalue weighted by atomic mass is 10.1. The molecule has 0 spiro atoms. The first-order valence-corrected chi connectivity index (χ1v) is 8.22. The predicted molar refractivity (Wildman–Crippen MR) is 91.3 cm³/mol. The van der Waals surface area contributed by atoms with E-state index < -0.39 is 0 Å². The Balaban J connectivity index is 1.84. The number of nitrogens with zero attached hydrogens (tertiary/aromatic N) is 3. The average molecular weight is 312 g/mol. The smallest absolute Gasteiger partial charge is 0.336 e. The Labute approximate surface area is 137 Å². The third kappa shape index (κ3) is 6.06. The molecule has 0 aliphatic rings. The zero-order valence-electron chi connectivity index (χ0n) is 13.6. The van der Waals surface area contributed by atoms with Crippen molar-refractivity contribution in [2.75, 3.05) is 6.54 Å². The number of hydrogen-bond donors (Lipinski definition) is 1. The number of para-hydroxylation sites is 1. The molecular formula is C18H24N4O. The van der Waals surface area contributed by atoms with Gasteiger partial charge in [-0.15, -0.1) is 0 Å². The lowest BCUT2D eigenvalue weighted by Gasteiger charge is -2.03. The number of aromatic nitrogens is 2. The van der Waals surface area contributed by atoms with Crippen LogP contribution in [0.15, 0.2) is 53.8 Å². The van der Waals surface area contributed by atoms with Gasteiger partial charge < -0.3 is 5.32 Å². The Morgan fingerprint density at radius 3 is 2.61 bits per heavy atom. The van der Waals surface area contributed by atoms with E-state index in [1.807, 2.05) is 30.3 Å². The first-order chi connectivity index (χ1) is 11.3. The number of amides is 2. The van der Waals surface area contributed by atoms with Crippen molar-refractivity contribution in [1.82, 2.24) is 15.1 Å². The molecule has 0 unspecified atom stereocenters. The minimum absolute atomic E-state index is 0.306. The van der Waals surface area contributed by atoms with E-state index in [1.54, 1.807) is 23.1 Å². The van der Waals surface area contributed by atoms with Gasteiger partial charge in [-0.3, -0.25) is 0 Å². The third-order valence-corrected chi connectivity index (χ3v) is 3.51. The Morgan fingerprint density at radius 2 is 1.91 bits per heavy atom. The summed E-state index contributed by atoms with van der Waals surface area (Å²) in [6.45, 7) is 2.87. The van der Waals surface area contributed by atoms with E-state index in [0.717, 1.165) is 18.5 Å². The number of hydrogen-bond acceptors (Lipinski definition) is 2. The molecule has 2 rings (SSSR count). The van der Waals surface area contributed by atoms with Crippen molar-refractivity contribution in [2.45, 2.75) is 39.0 Å². The number of rotatable bonds is 7. The molecule has 23 heavy (non-hydrogen) atoms. The van der Waals surface area contributed by atoms with Gasteiger partial charge in [0.05, 0.1) is 17.2 Å². The summed E-state index contributed by atoms with van der Waals surface area (Å²) >= 11 is 0. The minimum Gasteiger partial charge on any atom is -0.336 e. The lowest BCUT2D eigenvalue weighted by Crippen LogP contribution is -2.23. The molecule has 5 heteroatoms. The van der Waals surface area contributed by atoms with Gasteiger partial charge in [0.1, 0.15) is 0 Å². The van der Waals surface area contributed by atoms with Gasteiger partial charge >= 0.3 is 6.03 Å². The highest BCUT2D eigenvalue weighted by Crippen LogP contribution is 2.02. The first kappa shape index (κ1) is 16.9. The zero-order chi connectivity index (χ0) is 16.3. The molecule has 1 N–H and O–H groups in total. The van der Waals surface area contributed by atoms with Crippen molar-refractivity contribution >= 4 is 6.03 Å². The van der Waals surface area contributed by atoms with Crippen molar-refractivity contribution in [3.63, 3.8) is 0 Å². The van der Waals surface area contributed by atoms with E-state index in [1.165, 1.54) is 19.3 Å². The number of urea groups is 1. The monoisotopic (exact) mass is 312 g/mol. The molecule has 1 aromatic heterocycles. The molecule has 0 saturated heterocycles. The van der Waals surface area contributed by atoms with Crippen molar-refractivity contribution in [1.29, 1.82) is 0 Å². The van der Waals surface area contributed by atoms with Gasteiger partial charge in [-0.2, -0.15) is 10.1 Å². The quantitative estimate of drug-likeness (QED) is 0.796. The molecule has 2 amide bonds. The second-order valence-corrected chi connectivity index (χ2v) is 5.42. The van der Waals surface area contributed by atoms with Crippen LogP contribution >= 0.6 is 0 Å². The predicted octanol–water partition coefficient (Wildman–Crippen LogP) is 3.45. The fourth-order valence-corrected chi connectivity index (χ4v) is 2.23. The summed E-state index contributed by atoms with van der Waals surface area (Å²) in [5.41, 5.74) is 0.968. The van der Waals surface area contributed by atoms with Gasteiger partial charge in [0.25, 0.3) is 0 Å². The van der Waals surface area contributed by atoms with Crippen LogP contribution in [0, 0.1) is 0 Å². The average Bonchev–Trinajstić information content (AvgIpc) is 2.59. The second kappa shape index (κ2) is 9.56. The van der Waals surface area contributed by atoms with E-state index in [4.69, 9.17) is 0 Å². The SMILES string of the molecule is CCCCCCCNC(=O)/N=c1/ccn(-c2ccccc2)nc1. The second-order valence-electron chi connectivity index (χ2n) is 5.42. The highest BCUT2D eigenvalue weighted by Gasteiger charge is 1.97. The molecule has 0 aliphatic heterocycles. The van der Waals surface area contributed by atoms with Crippen LogP contribution in [-0.2, 0) is 0 Å². The Kier molecular flexibility index (Phi) is 7.04. The number of benzene rings is 1. The maximum absolute atomic E-state index is 11.7. The van der Waals surface area contributed by atoms with Crippen LogP contribution in [0.5, 0.6) is 0 Å². The third-order valence-electron chi connectivity index (χ3n) is 3.51. The van der Waals surface area contributed by atoms with Gasteiger partial charge in [0.2, 0.25) is 0 Å². The van der Waals surface area contributed by atoms with E-state index in [0.29, 0.717) is 11.9 Å². The van der Waals surface area contributed by atoms with Crippen LogP contribution in [-0.4, -0.2) is 22.4 Å². The van der Waals surface area contributed by atoms with Gasteiger partial charge in [-0.1, -0.05) is 50.8 Å².